The van der Waals surface area contributed by atoms with Gasteiger partial charge in [0.1, 0.15) is 5.60 Å². The van der Waals surface area contributed by atoms with Gasteiger partial charge < -0.3 is 15.4 Å². The summed E-state index contributed by atoms with van der Waals surface area (Å²) in [6.45, 7) is 6.49. The summed E-state index contributed by atoms with van der Waals surface area (Å²) in [5, 5.41) is 0. The lowest BCUT2D eigenvalue weighted by Crippen LogP contribution is -2.39. The molecule has 2 amide bonds. The van der Waals surface area contributed by atoms with Crippen molar-refractivity contribution in [1.82, 2.24) is 4.90 Å². The van der Waals surface area contributed by atoms with Crippen LogP contribution in [0.4, 0.5) is 4.79 Å². The molecule has 2 rings (SSSR count). The van der Waals surface area contributed by atoms with Crippen LogP contribution in [0.5, 0.6) is 0 Å². The van der Waals surface area contributed by atoms with Crippen LogP contribution >= 0.6 is 0 Å². The van der Waals surface area contributed by atoms with E-state index in [0.29, 0.717) is 13.1 Å². The molecule has 0 unspecified atom stereocenters. The maximum atomic E-state index is 11.7. The summed E-state index contributed by atoms with van der Waals surface area (Å²) >= 11 is 0. The molecular weight excluding hydrogens is 208 g/mol. The van der Waals surface area contributed by atoms with Gasteiger partial charge in [-0.3, -0.25) is 4.79 Å². The molecule has 2 fully saturated rings. The van der Waals surface area contributed by atoms with Crippen molar-refractivity contribution in [2.75, 3.05) is 13.1 Å². The van der Waals surface area contributed by atoms with Crippen LogP contribution in [0, 0.1) is 11.3 Å². The molecule has 5 heteroatoms. The van der Waals surface area contributed by atoms with Crippen molar-refractivity contribution in [3.05, 3.63) is 0 Å². The highest BCUT2D eigenvalue weighted by Crippen LogP contribution is 2.57. The highest BCUT2D eigenvalue weighted by atomic mass is 16.6. The normalized spacial score (nSPS) is 32.2. The van der Waals surface area contributed by atoms with E-state index in [1.165, 1.54) is 0 Å². The lowest BCUT2D eigenvalue weighted by molar-refractivity contribution is -0.123. The average Bonchev–Trinajstić information content (AvgIpc) is 2.67. The Labute approximate surface area is 94.9 Å². The first-order valence-corrected chi connectivity index (χ1v) is 5.52. The van der Waals surface area contributed by atoms with Crippen molar-refractivity contribution in [2.45, 2.75) is 32.8 Å². The maximum absolute atomic E-state index is 11.7. The fourth-order valence-electron chi connectivity index (χ4n) is 2.33. The molecule has 1 saturated carbocycles. The Kier molecular flexibility index (Phi) is 2.19. The zero-order valence-corrected chi connectivity index (χ0v) is 9.95. The lowest BCUT2D eigenvalue weighted by atomic mass is 10.1. The first kappa shape index (κ1) is 11.2. The van der Waals surface area contributed by atoms with Crippen LogP contribution < -0.4 is 5.73 Å². The largest absolute Gasteiger partial charge is 0.444 e. The zero-order chi connectivity index (χ0) is 12.1. The number of carbonyl (C=O) groups excluding carboxylic acids is 2. The summed E-state index contributed by atoms with van der Waals surface area (Å²) in [4.78, 5) is 24.6. The quantitative estimate of drug-likeness (QED) is 0.716. The molecule has 0 aromatic carbocycles. The second kappa shape index (κ2) is 3.12. The van der Waals surface area contributed by atoms with E-state index in [4.69, 9.17) is 10.5 Å². The predicted octanol–water partition coefficient (Wildman–Crippen LogP) is 0.729. The Morgan fingerprint density at radius 2 is 2.06 bits per heavy atom. The lowest BCUT2D eigenvalue weighted by Gasteiger charge is -2.25. The van der Waals surface area contributed by atoms with Gasteiger partial charge in [0, 0.05) is 13.1 Å². The Bertz CT molecular complexity index is 348. The van der Waals surface area contributed by atoms with Crippen LogP contribution in [-0.2, 0) is 9.53 Å². The fraction of sp³-hybridized carbons (Fsp3) is 0.818. The summed E-state index contributed by atoms with van der Waals surface area (Å²) < 4.78 is 5.25. The van der Waals surface area contributed by atoms with Crippen molar-refractivity contribution in [3.63, 3.8) is 0 Å². The molecule has 0 spiro atoms. The number of ether oxygens (including phenoxy) is 1. The SMILES string of the molecule is CC(C)(C)OC(=O)N1C[C@H]2C[C@@]2(C(N)=O)C1. The molecule has 2 atom stereocenters. The van der Waals surface area contributed by atoms with Gasteiger partial charge in [0.2, 0.25) is 5.91 Å². The molecule has 90 valence electrons. The van der Waals surface area contributed by atoms with E-state index in [-0.39, 0.29) is 17.9 Å². The number of amides is 2. The van der Waals surface area contributed by atoms with Crippen molar-refractivity contribution >= 4 is 12.0 Å². The summed E-state index contributed by atoms with van der Waals surface area (Å²) in [7, 11) is 0. The number of nitrogens with zero attached hydrogens (tertiary/aromatic N) is 1. The van der Waals surface area contributed by atoms with E-state index in [9.17, 15) is 9.59 Å². The van der Waals surface area contributed by atoms with E-state index < -0.39 is 11.0 Å². The minimum Gasteiger partial charge on any atom is -0.444 e. The van der Waals surface area contributed by atoms with Gasteiger partial charge in [0.25, 0.3) is 0 Å². The Morgan fingerprint density at radius 1 is 1.44 bits per heavy atom. The predicted molar refractivity (Wildman–Crippen MR) is 57.5 cm³/mol. The van der Waals surface area contributed by atoms with Crippen LogP contribution in [0.1, 0.15) is 27.2 Å². The molecule has 2 N–H and O–H groups in total. The Hall–Kier alpha value is -1.26. The molecule has 0 aromatic rings. The third-order valence-electron chi connectivity index (χ3n) is 3.29. The standard InChI is InChI=1S/C11H18N2O3/c1-10(2,3)16-9(15)13-5-7-4-11(7,6-13)8(12)14/h7H,4-6H2,1-3H3,(H2,12,14)/t7-,11-/m1/s1. The summed E-state index contributed by atoms with van der Waals surface area (Å²) in [6.07, 6.45) is 0.474. The molecular formula is C11H18N2O3. The molecule has 0 bridgehead atoms. The molecule has 5 nitrogen and oxygen atoms in total. The number of carbonyl (C=O) groups is 2. The Morgan fingerprint density at radius 3 is 2.50 bits per heavy atom. The molecule has 0 radical (unpaired) electrons. The van der Waals surface area contributed by atoms with Crippen LogP contribution in [0.25, 0.3) is 0 Å². The van der Waals surface area contributed by atoms with Crippen molar-refractivity contribution in [1.29, 1.82) is 0 Å². The first-order valence-electron chi connectivity index (χ1n) is 5.52. The summed E-state index contributed by atoms with van der Waals surface area (Å²) in [5.74, 6) is -0.0407. The molecule has 1 aliphatic carbocycles. The van der Waals surface area contributed by atoms with Gasteiger partial charge >= 0.3 is 6.09 Å². The maximum Gasteiger partial charge on any atom is 0.410 e. The zero-order valence-electron chi connectivity index (χ0n) is 9.95. The summed E-state index contributed by atoms with van der Waals surface area (Å²) in [5.41, 5.74) is 4.40. The number of hydrogen-bond donors (Lipinski definition) is 1. The third kappa shape index (κ3) is 1.74. The molecule has 0 aromatic heterocycles. The molecule has 2 aliphatic rings. The fourth-order valence-corrected chi connectivity index (χ4v) is 2.33. The number of likely N-dealkylation sites (tertiary alicyclic amines) is 1. The second-order valence-electron chi connectivity index (χ2n) is 5.78. The van der Waals surface area contributed by atoms with Crippen molar-refractivity contribution in [3.8, 4) is 0 Å². The van der Waals surface area contributed by atoms with Crippen molar-refractivity contribution in [2.24, 2.45) is 17.1 Å². The van der Waals surface area contributed by atoms with E-state index >= 15 is 0 Å². The Balaban J connectivity index is 1.96. The van der Waals surface area contributed by atoms with E-state index in [1.54, 1.807) is 4.90 Å². The number of fused-ring (bicyclic) bond motifs is 1. The van der Waals surface area contributed by atoms with Gasteiger partial charge in [-0.25, -0.2) is 4.79 Å². The van der Waals surface area contributed by atoms with Gasteiger partial charge in [0.05, 0.1) is 5.41 Å². The smallest absolute Gasteiger partial charge is 0.410 e. The highest BCUT2D eigenvalue weighted by molar-refractivity contribution is 5.86. The van der Waals surface area contributed by atoms with Gasteiger partial charge in [-0.15, -0.1) is 0 Å². The van der Waals surface area contributed by atoms with Gasteiger partial charge in [-0.05, 0) is 33.1 Å². The topological polar surface area (TPSA) is 72.6 Å². The molecule has 1 aliphatic heterocycles. The minimum atomic E-state index is -0.496. The van der Waals surface area contributed by atoms with E-state index in [0.717, 1.165) is 6.42 Å². The van der Waals surface area contributed by atoms with Gasteiger partial charge in [-0.2, -0.15) is 0 Å². The van der Waals surface area contributed by atoms with Crippen molar-refractivity contribution < 1.29 is 14.3 Å². The molecule has 16 heavy (non-hydrogen) atoms. The van der Waals surface area contributed by atoms with Gasteiger partial charge in [-0.1, -0.05) is 0 Å². The minimum absolute atomic E-state index is 0.248. The summed E-state index contributed by atoms with van der Waals surface area (Å²) in [6, 6.07) is 0. The third-order valence-corrected chi connectivity index (χ3v) is 3.29. The number of hydrogen-bond acceptors (Lipinski definition) is 3. The molecule has 1 saturated heterocycles. The van der Waals surface area contributed by atoms with Gasteiger partial charge in [0.15, 0.2) is 0 Å². The first-order chi connectivity index (χ1) is 7.24. The van der Waals surface area contributed by atoms with E-state index in [2.05, 4.69) is 0 Å². The number of piperidine rings is 1. The highest BCUT2D eigenvalue weighted by Gasteiger charge is 2.65. The monoisotopic (exact) mass is 226 g/mol. The average molecular weight is 226 g/mol. The second-order valence-corrected chi connectivity index (χ2v) is 5.78. The van der Waals surface area contributed by atoms with Crippen LogP contribution in [0.3, 0.4) is 0 Å². The van der Waals surface area contributed by atoms with Crippen LogP contribution in [0.2, 0.25) is 0 Å². The van der Waals surface area contributed by atoms with Crippen LogP contribution in [-0.4, -0.2) is 35.6 Å². The number of nitrogens with two attached hydrogens (primary N) is 1. The van der Waals surface area contributed by atoms with Crippen LogP contribution in [0.15, 0.2) is 0 Å². The van der Waals surface area contributed by atoms with E-state index in [1.807, 2.05) is 20.8 Å². The molecule has 1 heterocycles. The number of rotatable bonds is 1. The number of primary amides is 1.